The lowest BCUT2D eigenvalue weighted by atomic mass is 9.93. The van der Waals surface area contributed by atoms with Gasteiger partial charge in [0.25, 0.3) is 0 Å². The third kappa shape index (κ3) is 3.21. The van der Waals surface area contributed by atoms with Crippen LogP contribution in [0.4, 0.5) is 4.79 Å². The monoisotopic (exact) mass is 309 g/mol. The van der Waals surface area contributed by atoms with Gasteiger partial charge in [0.05, 0.1) is 0 Å². The Morgan fingerprint density at radius 1 is 1.17 bits per heavy atom. The minimum Gasteiger partial charge on any atom is -0.488 e. The number of fused-ring (bicyclic) bond motifs is 2. The number of para-hydroxylation sites is 1. The molecule has 4 heteroatoms. The SMILES string of the molecule is CN(CC/C=C1/c2ccccc2COc2ccccc21)C(=O)O. The summed E-state index contributed by atoms with van der Waals surface area (Å²) in [6, 6.07) is 16.2. The van der Waals surface area contributed by atoms with Gasteiger partial charge in [0.1, 0.15) is 12.4 Å². The van der Waals surface area contributed by atoms with Crippen LogP contribution < -0.4 is 4.74 Å². The van der Waals surface area contributed by atoms with E-state index in [1.54, 1.807) is 7.05 Å². The molecule has 0 radical (unpaired) electrons. The number of hydrogen-bond acceptors (Lipinski definition) is 2. The lowest BCUT2D eigenvalue weighted by Crippen LogP contribution is -2.25. The average molecular weight is 309 g/mol. The molecular formula is C19H19NO3. The van der Waals surface area contributed by atoms with Crippen LogP contribution in [0.2, 0.25) is 0 Å². The van der Waals surface area contributed by atoms with Crippen molar-refractivity contribution >= 4 is 11.7 Å². The number of rotatable bonds is 3. The average Bonchev–Trinajstić information content (AvgIpc) is 2.72. The zero-order valence-electron chi connectivity index (χ0n) is 13.0. The number of nitrogens with zero attached hydrogens (tertiary/aromatic N) is 1. The standard InChI is InChI=1S/C19H19NO3/c1-20(19(21)22)12-6-10-16-15-8-3-2-7-14(15)13-23-18-11-5-4-9-17(16)18/h2-5,7-11H,6,12-13H2,1H3,(H,21,22)/b16-10-. The summed E-state index contributed by atoms with van der Waals surface area (Å²) in [4.78, 5) is 12.2. The summed E-state index contributed by atoms with van der Waals surface area (Å²) in [5, 5.41) is 8.96. The van der Waals surface area contributed by atoms with Gasteiger partial charge in [0.2, 0.25) is 0 Å². The van der Waals surface area contributed by atoms with E-state index in [2.05, 4.69) is 18.2 Å². The van der Waals surface area contributed by atoms with Crippen molar-refractivity contribution in [2.75, 3.05) is 13.6 Å². The fraction of sp³-hybridized carbons (Fsp3) is 0.211. The molecule has 0 aromatic heterocycles. The number of carboxylic acid groups (broad SMARTS) is 1. The third-order valence-corrected chi connectivity index (χ3v) is 4.01. The number of amides is 1. The molecule has 0 atom stereocenters. The van der Waals surface area contributed by atoms with Crippen LogP contribution in [0.5, 0.6) is 5.75 Å². The summed E-state index contributed by atoms with van der Waals surface area (Å²) in [5.74, 6) is 0.863. The largest absolute Gasteiger partial charge is 0.488 e. The van der Waals surface area contributed by atoms with Gasteiger partial charge >= 0.3 is 6.09 Å². The fourth-order valence-corrected chi connectivity index (χ4v) is 2.74. The van der Waals surface area contributed by atoms with E-state index < -0.39 is 6.09 Å². The number of carbonyl (C=O) groups is 1. The Bertz CT molecular complexity index is 702. The van der Waals surface area contributed by atoms with Crippen molar-refractivity contribution in [1.82, 2.24) is 4.90 Å². The van der Waals surface area contributed by atoms with Gasteiger partial charge in [-0.25, -0.2) is 4.79 Å². The van der Waals surface area contributed by atoms with Crippen molar-refractivity contribution in [1.29, 1.82) is 0 Å². The van der Waals surface area contributed by atoms with Gasteiger partial charge in [0.15, 0.2) is 0 Å². The molecular weight excluding hydrogens is 290 g/mol. The first kappa shape index (κ1) is 15.2. The Labute approximate surface area is 135 Å². The van der Waals surface area contributed by atoms with E-state index in [1.807, 2.05) is 36.4 Å². The van der Waals surface area contributed by atoms with Gasteiger partial charge in [0, 0.05) is 19.2 Å². The Hall–Kier alpha value is -2.75. The van der Waals surface area contributed by atoms with E-state index in [-0.39, 0.29) is 0 Å². The van der Waals surface area contributed by atoms with E-state index in [0.29, 0.717) is 19.6 Å². The van der Waals surface area contributed by atoms with Gasteiger partial charge in [-0.2, -0.15) is 0 Å². The zero-order chi connectivity index (χ0) is 16.2. The van der Waals surface area contributed by atoms with Gasteiger partial charge in [-0.05, 0) is 29.2 Å². The molecule has 23 heavy (non-hydrogen) atoms. The van der Waals surface area contributed by atoms with Gasteiger partial charge in [-0.3, -0.25) is 0 Å². The van der Waals surface area contributed by atoms with E-state index >= 15 is 0 Å². The van der Waals surface area contributed by atoms with Crippen molar-refractivity contribution in [3.8, 4) is 5.75 Å². The summed E-state index contributed by atoms with van der Waals surface area (Å²) in [7, 11) is 1.58. The van der Waals surface area contributed by atoms with Crippen LogP contribution in [-0.4, -0.2) is 29.7 Å². The zero-order valence-corrected chi connectivity index (χ0v) is 13.0. The predicted octanol–water partition coefficient (Wildman–Crippen LogP) is 4.01. The Morgan fingerprint density at radius 3 is 2.65 bits per heavy atom. The van der Waals surface area contributed by atoms with Crippen molar-refractivity contribution in [2.45, 2.75) is 13.0 Å². The highest BCUT2D eigenvalue weighted by Crippen LogP contribution is 2.36. The van der Waals surface area contributed by atoms with Crippen LogP contribution in [0, 0.1) is 0 Å². The van der Waals surface area contributed by atoms with Gasteiger partial charge < -0.3 is 14.7 Å². The van der Waals surface area contributed by atoms with Crippen molar-refractivity contribution in [2.24, 2.45) is 0 Å². The first-order valence-electron chi connectivity index (χ1n) is 7.61. The molecule has 0 spiro atoms. The molecule has 1 amide bonds. The Kier molecular flexibility index (Phi) is 4.33. The molecule has 0 unspecified atom stereocenters. The molecule has 2 aromatic rings. The molecule has 1 N–H and O–H groups in total. The molecule has 2 aromatic carbocycles. The molecule has 4 nitrogen and oxygen atoms in total. The van der Waals surface area contributed by atoms with Gasteiger partial charge in [-0.1, -0.05) is 48.5 Å². The van der Waals surface area contributed by atoms with Crippen LogP contribution in [0.15, 0.2) is 54.6 Å². The molecule has 1 heterocycles. The molecule has 118 valence electrons. The van der Waals surface area contributed by atoms with Crippen LogP contribution in [0.1, 0.15) is 23.1 Å². The van der Waals surface area contributed by atoms with E-state index in [0.717, 1.165) is 28.0 Å². The maximum absolute atomic E-state index is 10.9. The maximum Gasteiger partial charge on any atom is 0.407 e. The highest BCUT2D eigenvalue weighted by atomic mass is 16.5. The van der Waals surface area contributed by atoms with Crippen molar-refractivity contribution in [3.63, 3.8) is 0 Å². The summed E-state index contributed by atoms with van der Waals surface area (Å²) in [5.41, 5.74) is 4.44. The van der Waals surface area contributed by atoms with Crippen LogP contribution in [-0.2, 0) is 6.61 Å². The smallest absolute Gasteiger partial charge is 0.407 e. The second-order valence-electron chi connectivity index (χ2n) is 5.55. The van der Waals surface area contributed by atoms with Crippen LogP contribution >= 0.6 is 0 Å². The van der Waals surface area contributed by atoms with Crippen molar-refractivity contribution < 1.29 is 14.6 Å². The van der Waals surface area contributed by atoms with E-state index in [1.165, 1.54) is 4.90 Å². The van der Waals surface area contributed by atoms with Crippen LogP contribution in [0.25, 0.3) is 5.57 Å². The molecule has 0 saturated carbocycles. The highest BCUT2D eigenvalue weighted by Gasteiger charge is 2.18. The lowest BCUT2D eigenvalue weighted by molar-refractivity contribution is 0.157. The molecule has 0 bridgehead atoms. The predicted molar refractivity (Wildman–Crippen MR) is 89.6 cm³/mol. The first-order chi connectivity index (χ1) is 11.2. The maximum atomic E-state index is 10.9. The van der Waals surface area contributed by atoms with E-state index in [9.17, 15) is 4.79 Å². The minimum atomic E-state index is -0.909. The molecule has 0 aliphatic carbocycles. The van der Waals surface area contributed by atoms with Crippen molar-refractivity contribution in [3.05, 3.63) is 71.3 Å². The normalized spacial score (nSPS) is 14.4. The third-order valence-electron chi connectivity index (χ3n) is 4.01. The fourth-order valence-electron chi connectivity index (χ4n) is 2.74. The summed E-state index contributed by atoms with van der Waals surface area (Å²) >= 11 is 0. The highest BCUT2D eigenvalue weighted by molar-refractivity contribution is 5.84. The number of benzene rings is 2. The Balaban J connectivity index is 1.98. The minimum absolute atomic E-state index is 0.462. The molecule has 1 aliphatic rings. The van der Waals surface area contributed by atoms with Gasteiger partial charge in [-0.15, -0.1) is 0 Å². The molecule has 3 rings (SSSR count). The second kappa shape index (κ2) is 6.57. The topological polar surface area (TPSA) is 49.8 Å². The Morgan fingerprint density at radius 2 is 1.87 bits per heavy atom. The molecule has 0 fully saturated rings. The lowest BCUT2D eigenvalue weighted by Gasteiger charge is -2.13. The molecule has 1 aliphatic heterocycles. The number of hydrogen-bond donors (Lipinski definition) is 1. The summed E-state index contributed by atoms with van der Waals surface area (Å²) in [6.45, 7) is 1.00. The quantitative estimate of drug-likeness (QED) is 0.932. The first-order valence-corrected chi connectivity index (χ1v) is 7.61. The summed E-state index contributed by atoms with van der Waals surface area (Å²) in [6.07, 6.45) is 1.85. The summed E-state index contributed by atoms with van der Waals surface area (Å²) < 4.78 is 5.93. The van der Waals surface area contributed by atoms with E-state index in [4.69, 9.17) is 9.84 Å². The number of ether oxygens (including phenoxy) is 1. The molecule has 0 saturated heterocycles. The van der Waals surface area contributed by atoms with Crippen LogP contribution in [0.3, 0.4) is 0 Å². The second-order valence-corrected chi connectivity index (χ2v) is 5.55.